The number of carbonyl (C=O) groups is 1. The molecule has 1 saturated heterocycles. The number of nitrogens with zero attached hydrogens (tertiary/aromatic N) is 1. The number of amides is 1. The third-order valence-electron chi connectivity index (χ3n) is 4.17. The second-order valence-electron chi connectivity index (χ2n) is 5.93. The summed E-state index contributed by atoms with van der Waals surface area (Å²) in [6, 6.07) is 5.07. The molecule has 6 nitrogen and oxygen atoms in total. The van der Waals surface area contributed by atoms with E-state index >= 15 is 0 Å². The summed E-state index contributed by atoms with van der Waals surface area (Å²) in [6.45, 7) is 0.485. The van der Waals surface area contributed by atoms with E-state index in [0.717, 1.165) is 6.07 Å². The van der Waals surface area contributed by atoms with E-state index in [4.69, 9.17) is 4.74 Å². The molecule has 0 saturated carbocycles. The summed E-state index contributed by atoms with van der Waals surface area (Å²) < 4.78 is 71.3. The summed E-state index contributed by atoms with van der Waals surface area (Å²) in [5.41, 5.74) is -0.354. The van der Waals surface area contributed by atoms with E-state index in [1.54, 1.807) is 0 Å². The standard InChI is InChI=1S/C16H11F3N2O4S/c17-11-4-9(5-12(18)15(11)19)20-16(22)8-1-2-13-14(3-8)26(23,24)21-6-10(7-21)25-13/h1-5,10H,6-7H2,(H,20,22). The van der Waals surface area contributed by atoms with Gasteiger partial charge in [0.2, 0.25) is 10.0 Å². The fraction of sp³-hybridized carbons (Fsp3) is 0.188. The van der Waals surface area contributed by atoms with Crippen molar-refractivity contribution in [1.82, 2.24) is 4.31 Å². The largest absolute Gasteiger partial charge is 0.486 e. The zero-order valence-corrected chi connectivity index (χ0v) is 13.8. The highest BCUT2D eigenvalue weighted by atomic mass is 32.2. The van der Waals surface area contributed by atoms with E-state index in [1.807, 2.05) is 0 Å². The first-order valence-corrected chi connectivity index (χ1v) is 8.96. The number of benzene rings is 2. The Labute approximate surface area is 146 Å². The van der Waals surface area contributed by atoms with Crippen LogP contribution < -0.4 is 10.1 Å². The molecule has 0 radical (unpaired) electrons. The van der Waals surface area contributed by atoms with Crippen molar-refractivity contribution in [1.29, 1.82) is 0 Å². The van der Waals surface area contributed by atoms with Crippen molar-refractivity contribution in [2.45, 2.75) is 11.0 Å². The van der Waals surface area contributed by atoms with Crippen molar-refractivity contribution >= 4 is 21.6 Å². The van der Waals surface area contributed by atoms with Crippen molar-refractivity contribution < 1.29 is 31.1 Å². The van der Waals surface area contributed by atoms with E-state index in [-0.39, 0.29) is 41.1 Å². The molecule has 2 aromatic rings. The number of anilines is 1. The first-order chi connectivity index (χ1) is 12.3. The van der Waals surface area contributed by atoms with Gasteiger partial charge < -0.3 is 10.1 Å². The molecule has 0 unspecified atom stereocenters. The Hall–Kier alpha value is -2.59. The summed E-state index contributed by atoms with van der Waals surface area (Å²) in [5.74, 6) is -5.22. The average molecular weight is 384 g/mol. The lowest BCUT2D eigenvalue weighted by atomic mass is 10.2. The SMILES string of the molecule is O=C(Nc1cc(F)c(F)c(F)c1)c1ccc2c(c1)S(=O)(=O)N1CC(C1)O2. The fourth-order valence-corrected chi connectivity index (χ4v) is 4.42. The average Bonchev–Trinajstić information content (AvgIpc) is 2.72. The predicted octanol–water partition coefficient (Wildman–Crippen LogP) is 2.12. The number of sulfonamides is 1. The second-order valence-corrected chi connectivity index (χ2v) is 7.84. The number of halogens is 3. The van der Waals surface area contributed by atoms with Crippen LogP contribution in [0.5, 0.6) is 5.75 Å². The Bertz CT molecular complexity index is 1010. The highest BCUT2D eigenvalue weighted by Crippen LogP contribution is 2.36. The monoisotopic (exact) mass is 384 g/mol. The van der Waals surface area contributed by atoms with Gasteiger partial charge in [-0.3, -0.25) is 4.79 Å². The summed E-state index contributed by atoms with van der Waals surface area (Å²) in [7, 11) is -3.78. The van der Waals surface area contributed by atoms with Gasteiger partial charge in [-0.1, -0.05) is 0 Å². The smallest absolute Gasteiger partial charge is 0.255 e. The lowest BCUT2D eigenvalue weighted by Crippen LogP contribution is -2.53. The lowest BCUT2D eigenvalue weighted by molar-refractivity contribution is 0.0830. The Morgan fingerprint density at radius 1 is 1.12 bits per heavy atom. The molecule has 1 amide bonds. The molecule has 2 aromatic carbocycles. The van der Waals surface area contributed by atoms with Gasteiger partial charge in [0, 0.05) is 23.4 Å². The highest BCUT2D eigenvalue weighted by molar-refractivity contribution is 7.89. The molecule has 10 heteroatoms. The number of hydrogen-bond donors (Lipinski definition) is 1. The normalized spacial score (nSPS) is 22.4. The van der Waals surface area contributed by atoms with Crippen molar-refractivity contribution in [2.24, 2.45) is 0 Å². The van der Waals surface area contributed by atoms with Crippen molar-refractivity contribution in [3.05, 3.63) is 53.3 Å². The zero-order chi connectivity index (χ0) is 18.6. The molecule has 2 bridgehead atoms. The zero-order valence-electron chi connectivity index (χ0n) is 13.0. The first kappa shape index (κ1) is 16.9. The minimum absolute atomic E-state index is 0.0543. The van der Waals surface area contributed by atoms with Gasteiger partial charge >= 0.3 is 0 Å². The van der Waals surface area contributed by atoms with Gasteiger partial charge in [0.1, 0.15) is 16.7 Å². The Morgan fingerprint density at radius 3 is 2.42 bits per heavy atom. The first-order valence-electron chi connectivity index (χ1n) is 7.52. The maximum atomic E-state index is 13.2. The molecule has 136 valence electrons. The van der Waals surface area contributed by atoms with E-state index in [2.05, 4.69) is 5.32 Å². The molecule has 5 rings (SSSR count). The topological polar surface area (TPSA) is 75.7 Å². The third kappa shape index (κ3) is 2.61. The minimum atomic E-state index is -3.78. The molecule has 0 aliphatic carbocycles. The van der Waals surface area contributed by atoms with Crippen LogP contribution in [0.3, 0.4) is 0 Å². The molecular formula is C16H11F3N2O4S. The minimum Gasteiger partial charge on any atom is -0.486 e. The van der Waals surface area contributed by atoms with Crippen LogP contribution in [0.25, 0.3) is 0 Å². The molecule has 3 aliphatic rings. The molecule has 3 aliphatic heterocycles. The van der Waals surface area contributed by atoms with Gasteiger partial charge in [0.05, 0.1) is 13.1 Å². The summed E-state index contributed by atoms with van der Waals surface area (Å²) in [4.78, 5) is 12.1. The van der Waals surface area contributed by atoms with E-state index in [9.17, 15) is 26.4 Å². The van der Waals surface area contributed by atoms with Gasteiger partial charge in [-0.25, -0.2) is 21.6 Å². The van der Waals surface area contributed by atoms with E-state index in [0.29, 0.717) is 12.1 Å². The number of nitrogens with one attached hydrogen (secondary N) is 1. The van der Waals surface area contributed by atoms with Crippen LogP contribution in [0.4, 0.5) is 18.9 Å². The molecule has 1 N–H and O–H groups in total. The maximum absolute atomic E-state index is 13.2. The Balaban J connectivity index is 1.66. The summed E-state index contributed by atoms with van der Waals surface area (Å²) >= 11 is 0. The molecule has 3 heterocycles. The predicted molar refractivity (Wildman–Crippen MR) is 83.9 cm³/mol. The van der Waals surface area contributed by atoms with Crippen LogP contribution in [0, 0.1) is 17.5 Å². The molecule has 26 heavy (non-hydrogen) atoms. The molecular weight excluding hydrogens is 373 g/mol. The van der Waals surface area contributed by atoms with Gasteiger partial charge in [0.25, 0.3) is 5.91 Å². The molecule has 0 atom stereocenters. The summed E-state index contributed by atoms with van der Waals surface area (Å²) in [6.07, 6.45) is -0.226. The number of carbonyl (C=O) groups excluding carboxylic acids is 1. The van der Waals surface area contributed by atoms with Crippen molar-refractivity contribution in [3.63, 3.8) is 0 Å². The molecule has 1 fully saturated rings. The Kier molecular flexibility index (Phi) is 3.70. The van der Waals surface area contributed by atoms with Gasteiger partial charge in [-0.2, -0.15) is 4.31 Å². The quantitative estimate of drug-likeness (QED) is 0.805. The van der Waals surface area contributed by atoms with Crippen LogP contribution in [0.2, 0.25) is 0 Å². The van der Waals surface area contributed by atoms with E-state index in [1.165, 1.54) is 16.4 Å². The van der Waals surface area contributed by atoms with Crippen LogP contribution in [0.1, 0.15) is 10.4 Å². The highest BCUT2D eigenvalue weighted by Gasteiger charge is 2.43. The van der Waals surface area contributed by atoms with Crippen LogP contribution in [0.15, 0.2) is 35.2 Å². The molecule has 0 spiro atoms. The van der Waals surface area contributed by atoms with Crippen LogP contribution in [-0.2, 0) is 10.0 Å². The third-order valence-corrected chi connectivity index (χ3v) is 6.03. The fourth-order valence-electron chi connectivity index (χ4n) is 2.77. The van der Waals surface area contributed by atoms with Crippen molar-refractivity contribution in [3.8, 4) is 5.75 Å². The van der Waals surface area contributed by atoms with Gasteiger partial charge in [0.15, 0.2) is 17.5 Å². The van der Waals surface area contributed by atoms with Gasteiger partial charge in [-0.05, 0) is 18.2 Å². The number of hydrogen-bond acceptors (Lipinski definition) is 4. The number of rotatable bonds is 2. The Morgan fingerprint density at radius 2 is 1.77 bits per heavy atom. The van der Waals surface area contributed by atoms with Crippen LogP contribution >= 0.6 is 0 Å². The van der Waals surface area contributed by atoms with Crippen molar-refractivity contribution in [2.75, 3.05) is 18.4 Å². The maximum Gasteiger partial charge on any atom is 0.255 e. The van der Waals surface area contributed by atoms with Crippen LogP contribution in [-0.4, -0.2) is 37.8 Å². The summed E-state index contributed by atoms with van der Waals surface area (Å²) in [5, 5.41) is 2.20. The second kappa shape index (κ2) is 5.71. The number of ether oxygens (including phenoxy) is 1. The van der Waals surface area contributed by atoms with E-state index < -0.39 is 33.4 Å². The lowest BCUT2D eigenvalue weighted by Gasteiger charge is -2.33. The van der Waals surface area contributed by atoms with Gasteiger partial charge in [-0.15, -0.1) is 0 Å². The molecule has 0 aromatic heterocycles.